The normalized spacial score (nSPS) is 10.9. The van der Waals surface area contributed by atoms with Crippen LogP contribution in [0.4, 0.5) is 5.69 Å². The van der Waals surface area contributed by atoms with Crippen molar-refractivity contribution in [1.82, 2.24) is 5.43 Å². The minimum atomic E-state index is -0.573. The molecule has 148 valence electrons. The van der Waals surface area contributed by atoms with Gasteiger partial charge < -0.3 is 10.1 Å². The van der Waals surface area contributed by atoms with Crippen LogP contribution in [0.15, 0.2) is 59.7 Å². The molecule has 6 nitrogen and oxygen atoms in total. The zero-order chi connectivity index (χ0) is 20.8. The number of hydrogen-bond donors (Lipinski definition) is 2. The third-order valence-corrected chi connectivity index (χ3v) is 4.90. The number of methoxy groups -OCH3 is 1. The van der Waals surface area contributed by atoms with Gasteiger partial charge in [0.05, 0.1) is 29.1 Å². The van der Waals surface area contributed by atoms with Crippen molar-refractivity contribution in [2.24, 2.45) is 5.10 Å². The van der Waals surface area contributed by atoms with Gasteiger partial charge in [-0.05, 0) is 29.0 Å². The molecule has 0 fully saturated rings. The van der Waals surface area contributed by atoms with Crippen LogP contribution in [-0.2, 0) is 9.59 Å². The second-order valence-corrected chi connectivity index (χ2v) is 6.81. The van der Waals surface area contributed by atoms with E-state index in [-0.39, 0.29) is 5.02 Å². The van der Waals surface area contributed by atoms with E-state index < -0.39 is 18.2 Å². The number of benzene rings is 3. The lowest BCUT2D eigenvalue weighted by Crippen LogP contribution is -2.24. The molecule has 0 atom stereocenters. The zero-order valence-corrected chi connectivity index (χ0v) is 16.9. The molecule has 0 saturated heterocycles. The number of carbonyl (C=O) groups is 2. The maximum absolute atomic E-state index is 12.0. The number of halogens is 2. The van der Waals surface area contributed by atoms with Gasteiger partial charge in [0.1, 0.15) is 12.2 Å². The van der Waals surface area contributed by atoms with Crippen molar-refractivity contribution >= 4 is 57.7 Å². The Bertz CT molecular complexity index is 1100. The van der Waals surface area contributed by atoms with E-state index in [0.29, 0.717) is 16.5 Å². The standard InChI is InChI=1S/C21H17Cl2N3O3/c1-29-18-10-9-13-5-2-3-6-14(13)15(18)12-24-26-20(28)11-19(27)25-17-8-4-7-16(22)21(17)23/h2-10,12H,11H2,1H3,(H,25,27)(H,26,28). The summed E-state index contributed by atoms with van der Waals surface area (Å²) in [5.74, 6) is -0.490. The molecule has 0 aliphatic rings. The van der Waals surface area contributed by atoms with Gasteiger partial charge in [-0.3, -0.25) is 9.59 Å². The molecule has 0 aliphatic heterocycles. The van der Waals surface area contributed by atoms with E-state index in [1.54, 1.807) is 25.3 Å². The van der Waals surface area contributed by atoms with Crippen molar-refractivity contribution in [2.45, 2.75) is 6.42 Å². The van der Waals surface area contributed by atoms with Gasteiger partial charge in [0.2, 0.25) is 11.8 Å². The van der Waals surface area contributed by atoms with Crippen molar-refractivity contribution in [1.29, 1.82) is 0 Å². The minimum absolute atomic E-state index is 0.212. The highest BCUT2D eigenvalue weighted by molar-refractivity contribution is 6.44. The second kappa shape index (κ2) is 9.41. The quantitative estimate of drug-likeness (QED) is 0.340. The first-order valence-electron chi connectivity index (χ1n) is 8.61. The number of nitrogens with zero attached hydrogens (tertiary/aromatic N) is 1. The Balaban J connectivity index is 1.65. The molecular weight excluding hydrogens is 413 g/mol. The summed E-state index contributed by atoms with van der Waals surface area (Å²) in [6.45, 7) is 0. The average molecular weight is 430 g/mol. The molecular formula is C21H17Cl2N3O3. The molecule has 2 N–H and O–H groups in total. The number of ether oxygens (including phenoxy) is 1. The second-order valence-electron chi connectivity index (χ2n) is 6.02. The van der Waals surface area contributed by atoms with E-state index in [9.17, 15) is 9.59 Å². The van der Waals surface area contributed by atoms with Crippen molar-refractivity contribution in [3.05, 3.63) is 70.2 Å². The van der Waals surface area contributed by atoms with Crippen LogP contribution in [0, 0.1) is 0 Å². The number of anilines is 1. The summed E-state index contributed by atoms with van der Waals surface area (Å²) in [7, 11) is 1.56. The number of hydrogen-bond acceptors (Lipinski definition) is 4. The molecule has 0 aromatic heterocycles. The lowest BCUT2D eigenvalue weighted by Gasteiger charge is -2.09. The van der Waals surface area contributed by atoms with E-state index in [1.165, 1.54) is 6.21 Å². The molecule has 3 aromatic rings. The minimum Gasteiger partial charge on any atom is -0.496 e. The molecule has 3 rings (SSSR count). The Morgan fingerprint density at radius 2 is 1.83 bits per heavy atom. The van der Waals surface area contributed by atoms with Gasteiger partial charge in [-0.25, -0.2) is 5.43 Å². The number of nitrogens with one attached hydrogen (secondary N) is 2. The van der Waals surface area contributed by atoms with E-state index in [1.807, 2.05) is 36.4 Å². The number of carbonyl (C=O) groups excluding carboxylic acids is 2. The fraction of sp³-hybridized carbons (Fsp3) is 0.0952. The van der Waals surface area contributed by atoms with E-state index in [0.717, 1.165) is 16.3 Å². The molecule has 0 radical (unpaired) electrons. The summed E-state index contributed by atoms with van der Waals surface area (Å²) in [5, 5.41) is 8.97. The van der Waals surface area contributed by atoms with Crippen LogP contribution in [0.1, 0.15) is 12.0 Å². The first-order chi connectivity index (χ1) is 14.0. The van der Waals surface area contributed by atoms with Crippen LogP contribution < -0.4 is 15.5 Å². The highest BCUT2D eigenvalue weighted by Crippen LogP contribution is 2.29. The molecule has 0 saturated carbocycles. The Labute approximate surface area is 177 Å². The SMILES string of the molecule is COc1ccc2ccccc2c1C=NNC(=O)CC(=O)Nc1cccc(Cl)c1Cl. The third kappa shape index (κ3) is 5.04. The summed E-state index contributed by atoms with van der Waals surface area (Å²) in [5.41, 5.74) is 3.40. The van der Waals surface area contributed by atoms with Gasteiger partial charge in [-0.15, -0.1) is 0 Å². The number of hydrazone groups is 1. The lowest BCUT2D eigenvalue weighted by atomic mass is 10.0. The maximum atomic E-state index is 12.0. The highest BCUT2D eigenvalue weighted by Gasteiger charge is 2.12. The molecule has 0 aliphatic carbocycles. The molecule has 0 unspecified atom stereocenters. The smallest absolute Gasteiger partial charge is 0.249 e. The van der Waals surface area contributed by atoms with Crippen LogP contribution in [0.3, 0.4) is 0 Å². The van der Waals surface area contributed by atoms with Gasteiger partial charge >= 0.3 is 0 Å². The van der Waals surface area contributed by atoms with E-state index >= 15 is 0 Å². The van der Waals surface area contributed by atoms with Gasteiger partial charge in [0.15, 0.2) is 0 Å². The summed E-state index contributed by atoms with van der Waals surface area (Å²) in [4.78, 5) is 24.1. The summed E-state index contributed by atoms with van der Waals surface area (Å²) in [6.07, 6.45) is 1.07. The summed E-state index contributed by atoms with van der Waals surface area (Å²) < 4.78 is 5.37. The first-order valence-corrected chi connectivity index (χ1v) is 9.36. The van der Waals surface area contributed by atoms with Crippen molar-refractivity contribution in [3.63, 3.8) is 0 Å². The van der Waals surface area contributed by atoms with Crippen LogP contribution in [-0.4, -0.2) is 25.1 Å². The third-order valence-electron chi connectivity index (χ3n) is 4.08. The summed E-state index contributed by atoms with van der Waals surface area (Å²) >= 11 is 11.9. The fourth-order valence-corrected chi connectivity index (χ4v) is 3.08. The van der Waals surface area contributed by atoms with Crippen LogP contribution in [0.5, 0.6) is 5.75 Å². The predicted octanol–water partition coefficient (Wildman–Crippen LogP) is 4.63. The van der Waals surface area contributed by atoms with E-state index in [4.69, 9.17) is 27.9 Å². The maximum Gasteiger partial charge on any atom is 0.249 e. The fourth-order valence-electron chi connectivity index (χ4n) is 2.74. The van der Waals surface area contributed by atoms with E-state index in [2.05, 4.69) is 15.8 Å². The van der Waals surface area contributed by atoms with Crippen LogP contribution in [0.2, 0.25) is 10.0 Å². The largest absolute Gasteiger partial charge is 0.496 e. The van der Waals surface area contributed by atoms with Gasteiger partial charge in [0.25, 0.3) is 0 Å². The number of fused-ring (bicyclic) bond motifs is 1. The zero-order valence-electron chi connectivity index (χ0n) is 15.4. The average Bonchev–Trinajstić information content (AvgIpc) is 2.71. The monoisotopic (exact) mass is 429 g/mol. The molecule has 0 spiro atoms. The van der Waals surface area contributed by atoms with Crippen molar-refractivity contribution < 1.29 is 14.3 Å². The van der Waals surface area contributed by atoms with Crippen molar-refractivity contribution in [3.8, 4) is 5.75 Å². The van der Waals surface area contributed by atoms with Crippen molar-refractivity contribution in [2.75, 3.05) is 12.4 Å². The van der Waals surface area contributed by atoms with Gasteiger partial charge in [-0.2, -0.15) is 5.10 Å². The van der Waals surface area contributed by atoms with Gasteiger partial charge in [-0.1, -0.05) is 59.6 Å². The van der Waals surface area contributed by atoms with Crippen LogP contribution in [0.25, 0.3) is 10.8 Å². The lowest BCUT2D eigenvalue weighted by molar-refractivity contribution is -0.126. The molecule has 3 aromatic carbocycles. The highest BCUT2D eigenvalue weighted by atomic mass is 35.5. The molecule has 0 bridgehead atoms. The first kappa shape index (κ1) is 20.6. The summed E-state index contributed by atoms with van der Waals surface area (Å²) in [6, 6.07) is 16.3. The molecule has 2 amide bonds. The topological polar surface area (TPSA) is 79.8 Å². The Morgan fingerprint density at radius 3 is 2.62 bits per heavy atom. The molecule has 0 heterocycles. The number of rotatable bonds is 6. The van der Waals surface area contributed by atoms with Crippen LogP contribution >= 0.6 is 23.2 Å². The predicted molar refractivity (Wildman–Crippen MR) is 116 cm³/mol. The van der Waals surface area contributed by atoms with Gasteiger partial charge in [0, 0.05) is 5.56 Å². The molecule has 29 heavy (non-hydrogen) atoms. The Morgan fingerprint density at radius 1 is 1.03 bits per heavy atom. The number of amides is 2. The Kier molecular flexibility index (Phi) is 6.69. The Hall–Kier alpha value is -3.09. The molecule has 8 heteroatoms.